The Morgan fingerprint density at radius 1 is 1.35 bits per heavy atom. The predicted molar refractivity (Wildman–Crippen MR) is 72.7 cm³/mol. The highest BCUT2D eigenvalue weighted by Crippen LogP contribution is 2.21. The van der Waals surface area contributed by atoms with Crippen molar-refractivity contribution >= 4 is 24.0 Å². The van der Waals surface area contributed by atoms with Crippen molar-refractivity contribution in [1.82, 2.24) is 5.32 Å². The van der Waals surface area contributed by atoms with E-state index in [-0.39, 0.29) is 42.1 Å². The van der Waals surface area contributed by atoms with E-state index in [4.69, 9.17) is 6.85 Å². The van der Waals surface area contributed by atoms with E-state index in [0.717, 1.165) is 13.1 Å². The fourth-order valence-corrected chi connectivity index (χ4v) is 2.03. The molecule has 4 heteroatoms. The van der Waals surface area contributed by atoms with Crippen molar-refractivity contribution in [1.29, 1.82) is 0 Å². The van der Waals surface area contributed by atoms with E-state index in [1.807, 2.05) is 0 Å². The van der Waals surface area contributed by atoms with Gasteiger partial charge >= 0.3 is 0 Å². The van der Waals surface area contributed by atoms with Gasteiger partial charge in [0.25, 0.3) is 0 Å². The smallest absolute Gasteiger partial charge is 0.224 e. The topological polar surface area (TPSA) is 32.3 Å². The van der Waals surface area contributed by atoms with Crippen LogP contribution in [0.5, 0.6) is 0 Å². The Morgan fingerprint density at radius 3 is 2.47 bits per heavy atom. The highest BCUT2D eigenvalue weighted by molar-refractivity contribution is 5.92. The number of para-hydroxylation sites is 1. The summed E-state index contributed by atoms with van der Waals surface area (Å²) in [6, 6.07) is -2.06. The molecular formula is C13H19ClN2O. The van der Waals surface area contributed by atoms with Gasteiger partial charge in [-0.25, -0.2) is 0 Å². The summed E-state index contributed by atoms with van der Waals surface area (Å²) in [7, 11) is 0. The third kappa shape index (κ3) is 3.45. The number of rotatable bonds is 2. The van der Waals surface area contributed by atoms with Crippen molar-refractivity contribution in [3.05, 3.63) is 30.2 Å². The maximum Gasteiger partial charge on any atom is 0.224 e. The van der Waals surface area contributed by atoms with Crippen LogP contribution in [0, 0.1) is 0 Å². The molecule has 1 N–H and O–H groups in total. The number of carbonyl (C=O) groups excluding carboxylic acids is 1. The van der Waals surface area contributed by atoms with Gasteiger partial charge in [-0.05, 0) is 38.0 Å². The standard InChI is InChI=1S/C13H18N2O.ClH/c1-11(16)15(12-5-3-2-4-6-12)13-7-9-14-10-8-13;/h2-6,13-14H,7-10H2,1H3;1H/i2D,3D,4D,5D,6D;. The monoisotopic (exact) mass is 259 g/mol. The fraction of sp³-hybridized carbons (Fsp3) is 0.462. The van der Waals surface area contributed by atoms with Gasteiger partial charge in [0.1, 0.15) is 0 Å². The Labute approximate surface area is 116 Å². The minimum Gasteiger partial charge on any atom is -0.317 e. The zero-order valence-corrected chi connectivity index (χ0v) is 10.5. The molecule has 0 radical (unpaired) electrons. The molecule has 2 rings (SSSR count). The average Bonchev–Trinajstić information content (AvgIpc) is 2.48. The van der Waals surface area contributed by atoms with Gasteiger partial charge in [-0.3, -0.25) is 4.79 Å². The van der Waals surface area contributed by atoms with E-state index in [0.29, 0.717) is 12.8 Å². The van der Waals surface area contributed by atoms with Crippen molar-refractivity contribution in [3.8, 4) is 0 Å². The maximum atomic E-state index is 12.0. The van der Waals surface area contributed by atoms with Crippen molar-refractivity contribution in [2.75, 3.05) is 18.0 Å². The molecule has 17 heavy (non-hydrogen) atoms. The van der Waals surface area contributed by atoms with Gasteiger partial charge < -0.3 is 10.2 Å². The molecule has 0 spiro atoms. The number of halogens is 1. The Morgan fingerprint density at radius 2 is 1.94 bits per heavy atom. The van der Waals surface area contributed by atoms with Crippen LogP contribution in [0.2, 0.25) is 0 Å². The normalized spacial score (nSPS) is 20.2. The molecular weight excluding hydrogens is 236 g/mol. The lowest BCUT2D eigenvalue weighted by atomic mass is 10.0. The molecule has 0 aliphatic carbocycles. The summed E-state index contributed by atoms with van der Waals surface area (Å²) in [5.74, 6) is -0.305. The van der Waals surface area contributed by atoms with Gasteiger partial charge in [-0.15, -0.1) is 12.4 Å². The molecule has 1 saturated heterocycles. The number of hydrogen-bond acceptors (Lipinski definition) is 2. The number of nitrogens with zero attached hydrogens (tertiary/aromatic N) is 1. The van der Waals surface area contributed by atoms with Crippen molar-refractivity contribution in [2.24, 2.45) is 0 Å². The zero-order chi connectivity index (χ0) is 15.7. The molecule has 0 bridgehead atoms. The number of amides is 1. The second-order valence-electron chi connectivity index (χ2n) is 3.84. The first kappa shape index (κ1) is 8.11. The van der Waals surface area contributed by atoms with E-state index in [1.54, 1.807) is 0 Å². The van der Waals surface area contributed by atoms with Crippen LogP contribution in [-0.2, 0) is 4.79 Å². The summed E-state index contributed by atoms with van der Waals surface area (Å²) in [6.45, 7) is 2.85. The third-order valence-corrected chi connectivity index (χ3v) is 2.74. The van der Waals surface area contributed by atoms with Crippen LogP contribution in [0.3, 0.4) is 0 Å². The number of nitrogens with one attached hydrogen (secondary N) is 1. The largest absolute Gasteiger partial charge is 0.317 e. The van der Waals surface area contributed by atoms with E-state index < -0.39 is 18.1 Å². The first-order valence-corrected chi connectivity index (χ1v) is 5.43. The van der Waals surface area contributed by atoms with E-state index in [9.17, 15) is 4.79 Å². The lowest BCUT2D eigenvalue weighted by Gasteiger charge is -2.34. The van der Waals surface area contributed by atoms with E-state index >= 15 is 0 Å². The second kappa shape index (κ2) is 6.62. The minimum absolute atomic E-state index is 0. The van der Waals surface area contributed by atoms with Gasteiger partial charge in [0, 0.05) is 18.7 Å². The number of piperidine rings is 1. The molecule has 3 nitrogen and oxygen atoms in total. The Bertz CT molecular complexity index is 549. The van der Waals surface area contributed by atoms with Crippen molar-refractivity contribution < 1.29 is 11.6 Å². The van der Waals surface area contributed by atoms with Gasteiger partial charge in [0.2, 0.25) is 5.91 Å². The lowest BCUT2D eigenvalue weighted by molar-refractivity contribution is -0.117. The van der Waals surface area contributed by atoms with E-state index in [2.05, 4.69) is 5.32 Å². The zero-order valence-electron chi connectivity index (χ0n) is 14.7. The first-order valence-electron chi connectivity index (χ1n) is 7.93. The number of carbonyl (C=O) groups is 1. The SMILES string of the molecule is Cl.[2H]c1c([2H])c([2H])c(N(C(C)=O)C2CCNCC2)c([2H])c1[2H]. The van der Waals surface area contributed by atoms with Crippen LogP contribution in [0.15, 0.2) is 30.2 Å². The average molecular weight is 260 g/mol. The van der Waals surface area contributed by atoms with Crippen LogP contribution in [-0.4, -0.2) is 25.0 Å². The Hall–Kier alpha value is -1.06. The van der Waals surface area contributed by atoms with Crippen LogP contribution in [0.1, 0.15) is 26.6 Å². The molecule has 0 aromatic heterocycles. The molecule has 1 fully saturated rings. The molecule has 0 unspecified atom stereocenters. The number of anilines is 1. The Balaban J connectivity index is 0.00000242. The molecule has 1 aliphatic rings. The molecule has 1 aromatic carbocycles. The molecule has 1 amide bonds. The highest BCUT2D eigenvalue weighted by Gasteiger charge is 2.23. The summed E-state index contributed by atoms with van der Waals surface area (Å²) in [6.07, 6.45) is 1.39. The fourth-order valence-electron chi connectivity index (χ4n) is 2.03. The summed E-state index contributed by atoms with van der Waals surface area (Å²) in [5, 5.41) is 3.19. The van der Waals surface area contributed by atoms with E-state index in [1.165, 1.54) is 11.8 Å². The maximum absolute atomic E-state index is 12.0. The number of benzene rings is 1. The van der Waals surface area contributed by atoms with Crippen LogP contribution in [0.4, 0.5) is 5.69 Å². The molecule has 0 saturated carbocycles. The van der Waals surface area contributed by atoms with Gasteiger partial charge in [-0.2, -0.15) is 0 Å². The van der Waals surface area contributed by atoms with Crippen molar-refractivity contribution in [2.45, 2.75) is 25.8 Å². The van der Waals surface area contributed by atoms with Crippen molar-refractivity contribution in [3.63, 3.8) is 0 Å². The second-order valence-corrected chi connectivity index (χ2v) is 3.84. The predicted octanol–water partition coefficient (Wildman–Crippen LogP) is 2.21. The summed E-state index contributed by atoms with van der Waals surface area (Å²) < 4.78 is 39.1. The van der Waals surface area contributed by atoms with Gasteiger partial charge in [0.05, 0.1) is 6.85 Å². The van der Waals surface area contributed by atoms with Gasteiger partial charge in [-0.1, -0.05) is 18.1 Å². The Kier molecular flexibility index (Phi) is 3.16. The molecule has 0 atom stereocenters. The molecule has 1 aliphatic heterocycles. The van der Waals surface area contributed by atoms with Crippen LogP contribution in [0.25, 0.3) is 0 Å². The summed E-state index contributed by atoms with van der Waals surface area (Å²) in [5.41, 5.74) is -0.0135. The molecule has 1 heterocycles. The summed E-state index contributed by atoms with van der Waals surface area (Å²) in [4.78, 5) is 13.4. The third-order valence-electron chi connectivity index (χ3n) is 2.74. The quantitative estimate of drug-likeness (QED) is 0.883. The van der Waals surface area contributed by atoms with Crippen LogP contribution < -0.4 is 10.2 Å². The highest BCUT2D eigenvalue weighted by atomic mass is 35.5. The van der Waals surface area contributed by atoms with Gasteiger partial charge in [0.15, 0.2) is 0 Å². The molecule has 94 valence electrons. The lowest BCUT2D eigenvalue weighted by Crippen LogP contribution is -2.45. The summed E-state index contributed by atoms with van der Waals surface area (Å²) >= 11 is 0. The first-order chi connectivity index (χ1) is 9.86. The molecule has 1 aromatic rings. The van der Waals surface area contributed by atoms with Crippen LogP contribution >= 0.6 is 12.4 Å². The minimum atomic E-state index is -0.442. The number of hydrogen-bond donors (Lipinski definition) is 1.